The maximum atomic E-state index is 12.2. The summed E-state index contributed by atoms with van der Waals surface area (Å²) < 4.78 is 36.7. The number of hydrogen-bond donors (Lipinski definition) is 1. The van der Waals surface area contributed by atoms with E-state index in [2.05, 4.69) is 12.2 Å². The molecule has 0 atom stereocenters. The Hall–Kier alpha value is -1.23. The van der Waals surface area contributed by atoms with Crippen molar-refractivity contribution in [3.63, 3.8) is 0 Å². The molecule has 0 amide bonds. The van der Waals surface area contributed by atoms with Gasteiger partial charge in [-0.05, 0) is 30.7 Å². The first-order valence-corrected chi connectivity index (χ1v) is 6.00. The van der Waals surface area contributed by atoms with Gasteiger partial charge in [0.1, 0.15) is 6.54 Å². The van der Waals surface area contributed by atoms with Crippen molar-refractivity contribution >= 4 is 5.69 Å². The first-order valence-electron chi connectivity index (χ1n) is 6.00. The predicted octanol–water partition coefficient (Wildman–Crippen LogP) is 3.18. The van der Waals surface area contributed by atoms with Crippen LogP contribution in [0.3, 0.4) is 0 Å². The normalized spacial score (nSPS) is 11.6. The SMILES string of the molecule is CCCNCc1ccc(N(C)CC(F)(F)F)cc1. The Bertz CT molecular complexity index is 346. The highest BCUT2D eigenvalue weighted by Gasteiger charge is 2.29. The van der Waals surface area contributed by atoms with E-state index in [1.807, 2.05) is 12.1 Å². The minimum absolute atomic E-state index is 0.576. The van der Waals surface area contributed by atoms with Crippen molar-refractivity contribution in [2.45, 2.75) is 26.1 Å². The molecule has 2 nitrogen and oxygen atoms in total. The molecule has 0 saturated carbocycles. The molecule has 18 heavy (non-hydrogen) atoms. The molecule has 0 aliphatic heterocycles. The number of benzene rings is 1. The lowest BCUT2D eigenvalue weighted by Gasteiger charge is -2.21. The van der Waals surface area contributed by atoms with Gasteiger partial charge in [-0.15, -0.1) is 0 Å². The first-order chi connectivity index (χ1) is 8.42. The zero-order valence-corrected chi connectivity index (χ0v) is 10.7. The van der Waals surface area contributed by atoms with Crippen LogP contribution < -0.4 is 10.2 Å². The Labute approximate surface area is 106 Å². The Morgan fingerprint density at radius 1 is 1.17 bits per heavy atom. The molecule has 0 fully saturated rings. The van der Waals surface area contributed by atoms with E-state index in [1.54, 1.807) is 12.1 Å². The highest BCUT2D eigenvalue weighted by atomic mass is 19.4. The molecule has 0 radical (unpaired) electrons. The van der Waals surface area contributed by atoms with Gasteiger partial charge >= 0.3 is 6.18 Å². The number of halogens is 3. The van der Waals surface area contributed by atoms with Gasteiger partial charge in [-0.1, -0.05) is 19.1 Å². The molecule has 0 spiro atoms. The second-order valence-corrected chi connectivity index (χ2v) is 4.31. The van der Waals surface area contributed by atoms with E-state index in [0.29, 0.717) is 5.69 Å². The Morgan fingerprint density at radius 3 is 2.28 bits per heavy atom. The maximum Gasteiger partial charge on any atom is 0.405 e. The summed E-state index contributed by atoms with van der Waals surface area (Å²) in [6, 6.07) is 7.14. The van der Waals surface area contributed by atoms with Gasteiger partial charge in [0, 0.05) is 19.3 Å². The molecule has 0 saturated heterocycles. The zero-order chi connectivity index (χ0) is 13.6. The number of alkyl halides is 3. The minimum atomic E-state index is -4.17. The zero-order valence-electron chi connectivity index (χ0n) is 10.7. The standard InChI is InChI=1S/C13H19F3N2/c1-3-8-17-9-11-4-6-12(7-5-11)18(2)10-13(14,15)16/h4-7,17H,3,8-10H2,1-2H3. The van der Waals surface area contributed by atoms with Gasteiger partial charge in [0.2, 0.25) is 0 Å². The van der Waals surface area contributed by atoms with Crippen molar-refractivity contribution in [1.29, 1.82) is 0 Å². The van der Waals surface area contributed by atoms with Crippen molar-refractivity contribution in [1.82, 2.24) is 5.32 Å². The Balaban J connectivity index is 2.54. The molecule has 1 aromatic rings. The van der Waals surface area contributed by atoms with Crippen LogP contribution in [-0.2, 0) is 6.54 Å². The highest BCUT2D eigenvalue weighted by Crippen LogP contribution is 2.21. The highest BCUT2D eigenvalue weighted by molar-refractivity contribution is 5.47. The van der Waals surface area contributed by atoms with Crippen molar-refractivity contribution in [2.24, 2.45) is 0 Å². The Kier molecular flexibility index (Phi) is 5.47. The van der Waals surface area contributed by atoms with Crippen LogP contribution in [0.15, 0.2) is 24.3 Å². The molecule has 0 heterocycles. The molecule has 1 aromatic carbocycles. The summed E-state index contributed by atoms with van der Waals surface area (Å²) in [4.78, 5) is 1.20. The summed E-state index contributed by atoms with van der Waals surface area (Å²) in [7, 11) is 1.44. The molecule has 0 aliphatic carbocycles. The largest absolute Gasteiger partial charge is 0.405 e. The lowest BCUT2D eigenvalue weighted by Crippen LogP contribution is -2.30. The van der Waals surface area contributed by atoms with E-state index in [9.17, 15) is 13.2 Å². The van der Waals surface area contributed by atoms with Crippen molar-refractivity contribution < 1.29 is 13.2 Å². The number of nitrogens with zero attached hydrogens (tertiary/aromatic N) is 1. The molecule has 1 N–H and O–H groups in total. The Morgan fingerprint density at radius 2 is 1.78 bits per heavy atom. The van der Waals surface area contributed by atoms with E-state index in [0.717, 1.165) is 25.1 Å². The van der Waals surface area contributed by atoms with E-state index in [-0.39, 0.29) is 0 Å². The summed E-state index contributed by atoms with van der Waals surface area (Å²) in [5, 5.41) is 3.24. The monoisotopic (exact) mass is 260 g/mol. The van der Waals surface area contributed by atoms with Gasteiger partial charge in [0.25, 0.3) is 0 Å². The second-order valence-electron chi connectivity index (χ2n) is 4.31. The number of hydrogen-bond acceptors (Lipinski definition) is 2. The molecule has 0 bridgehead atoms. The van der Waals surface area contributed by atoms with Gasteiger partial charge in [0.15, 0.2) is 0 Å². The van der Waals surface area contributed by atoms with E-state index in [4.69, 9.17) is 0 Å². The summed E-state index contributed by atoms with van der Waals surface area (Å²) >= 11 is 0. The maximum absolute atomic E-state index is 12.2. The van der Waals surface area contributed by atoms with Crippen molar-refractivity contribution in [2.75, 3.05) is 25.0 Å². The number of rotatable bonds is 6. The predicted molar refractivity (Wildman–Crippen MR) is 67.8 cm³/mol. The molecule has 5 heteroatoms. The third-order valence-electron chi connectivity index (χ3n) is 2.55. The van der Waals surface area contributed by atoms with Crippen LogP contribution in [0.2, 0.25) is 0 Å². The van der Waals surface area contributed by atoms with Crippen LogP contribution in [-0.4, -0.2) is 26.3 Å². The fourth-order valence-electron chi connectivity index (χ4n) is 1.64. The van der Waals surface area contributed by atoms with Crippen LogP contribution in [0.5, 0.6) is 0 Å². The molecule has 0 aromatic heterocycles. The van der Waals surface area contributed by atoms with Crippen LogP contribution in [0, 0.1) is 0 Å². The molecule has 1 rings (SSSR count). The van der Waals surface area contributed by atoms with Gasteiger partial charge in [-0.3, -0.25) is 0 Å². The fourth-order valence-corrected chi connectivity index (χ4v) is 1.64. The quantitative estimate of drug-likeness (QED) is 0.790. The third-order valence-corrected chi connectivity index (χ3v) is 2.55. The molecule has 102 valence electrons. The lowest BCUT2D eigenvalue weighted by atomic mass is 10.2. The average Bonchev–Trinajstić information content (AvgIpc) is 2.28. The van der Waals surface area contributed by atoms with Crippen LogP contribution >= 0.6 is 0 Å². The lowest BCUT2D eigenvalue weighted by molar-refractivity contribution is -0.119. The van der Waals surface area contributed by atoms with Gasteiger partial charge in [0.05, 0.1) is 0 Å². The molecule has 0 aliphatic rings. The summed E-state index contributed by atoms with van der Waals surface area (Å²) in [5.41, 5.74) is 1.65. The van der Waals surface area contributed by atoms with E-state index < -0.39 is 12.7 Å². The van der Waals surface area contributed by atoms with Gasteiger partial charge in [-0.25, -0.2) is 0 Å². The smallest absolute Gasteiger partial charge is 0.366 e. The summed E-state index contributed by atoms with van der Waals surface area (Å²) in [6.45, 7) is 2.84. The number of nitrogens with one attached hydrogen (secondary N) is 1. The van der Waals surface area contributed by atoms with E-state index >= 15 is 0 Å². The summed E-state index contributed by atoms with van der Waals surface area (Å²) in [5.74, 6) is 0. The van der Waals surface area contributed by atoms with Crippen molar-refractivity contribution in [3.05, 3.63) is 29.8 Å². The van der Waals surface area contributed by atoms with E-state index in [1.165, 1.54) is 11.9 Å². The molecular formula is C13H19F3N2. The topological polar surface area (TPSA) is 15.3 Å². The first kappa shape index (κ1) is 14.8. The third kappa shape index (κ3) is 5.40. The fraction of sp³-hybridized carbons (Fsp3) is 0.538. The van der Waals surface area contributed by atoms with Crippen LogP contribution in [0.4, 0.5) is 18.9 Å². The minimum Gasteiger partial charge on any atom is -0.366 e. The van der Waals surface area contributed by atoms with Crippen molar-refractivity contribution in [3.8, 4) is 0 Å². The summed E-state index contributed by atoms with van der Waals surface area (Å²) in [6.07, 6.45) is -3.11. The molecule has 0 unspecified atom stereocenters. The second kappa shape index (κ2) is 6.64. The van der Waals surface area contributed by atoms with Crippen LogP contribution in [0.1, 0.15) is 18.9 Å². The number of anilines is 1. The van der Waals surface area contributed by atoms with Crippen LogP contribution in [0.25, 0.3) is 0 Å². The average molecular weight is 260 g/mol. The van der Waals surface area contributed by atoms with Gasteiger partial charge in [-0.2, -0.15) is 13.2 Å². The molecular weight excluding hydrogens is 241 g/mol. The van der Waals surface area contributed by atoms with Gasteiger partial charge < -0.3 is 10.2 Å².